The van der Waals surface area contributed by atoms with Crippen LogP contribution in [-0.4, -0.2) is 60.2 Å². The van der Waals surface area contributed by atoms with E-state index in [0.717, 1.165) is 10.5 Å². The molecule has 5 atom stereocenters. The van der Waals surface area contributed by atoms with Gasteiger partial charge >= 0.3 is 0 Å². The van der Waals surface area contributed by atoms with Gasteiger partial charge in [-0.2, -0.15) is 0 Å². The van der Waals surface area contributed by atoms with Gasteiger partial charge in [-0.05, 0) is 12.1 Å². The Morgan fingerprint density at radius 1 is 1.14 bits per heavy atom. The van der Waals surface area contributed by atoms with Gasteiger partial charge in [0.05, 0.1) is 22.5 Å². The highest BCUT2D eigenvalue weighted by Gasteiger charge is 2.43. The van der Waals surface area contributed by atoms with Gasteiger partial charge in [0, 0.05) is 10.5 Å². The Kier molecular flexibility index (Phi) is 5.89. The molecule has 0 bridgehead atoms. The molecular weight excluding hydrogens is 330 g/mol. The highest BCUT2D eigenvalue weighted by molar-refractivity contribution is 8.17. The van der Waals surface area contributed by atoms with E-state index in [9.17, 15) is 20.4 Å². The summed E-state index contributed by atoms with van der Waals surface area (Å²) in [5.74, 6) is 0. The van der Waals surface area contributed by atoms with E-state index < -0.39 is 23.6 Å². The van der Waals surface area contributed by atoms with Crippen LogP contribution in [0.5, 0.6) is 0 Å². The van der Waals surface area contributed by atoms with Gasteiger partial charge in [-0.15, -0.1) is 23.5 Å². The highest BCUT2D eigenvalue weighted by Crippen LogP contribution is 2.41. The molecule has 1 aliphatic heterocycles. The Morgan fingerprint density at radius 3 is 2.29 bits per heavy atom. The maximum Gasteiger partial charge on any atom is 0.109 e. The number of rotatable bonds is 4. The van der Waals surface area contributed by atoms with Gasteiger partial charge in [-0.25, -0.2) is 0 Å². The van der Waals surface area contributed by atoms with Gasteiger partial charge in [0.25, 0.3) is 0 Å². The molecule has 0 aliphatic carbocycles. The van der Waals surface area contributed by atoms with Crippen molar-refractivity contribution in [1.82, 2.24) is 0 Å². The topological polar surface area (TPSA) is 107 Å². The number of nitrogens with two attached hydrogens (primary N) is 1. The van der Waals surface area contributed by atoms with Crippen LogP contribution in [0.2, 0.25) is 0 Å². The molecule has 116 valence electrons. The molecule has 5 nitrogen and oxygen atoms in total. The van der Waals surface area contributed by atoms with E-state index in [1.54, 1.807) is 12.1 Å². The van der Waals surface area contributed by atoms with E-state index in [0.29, 0.717) is 4.99 Å². The molecule has 0 spiro atoms. The fourth-order valence-electron chi connectivity index (χ4n) is 2.00. The van der Waals surface area contributed by atoms with Crippen molar-refractivity contribution in [2.75, 3.05) is 6.61 Å². The molecule has 2 rings (SSSR count). The third kappa shape index (κ3) is 3.89. The van der Waals surface area contributed by atoms with Crippen LogP contribution in [0.4, 0.5) is 0 Å². The molecule has 1 saturated heterocycles. The second-order valence-electron chi connectivity index (χ2n) is 4.70. The fourth-order valence-corrected chi connectivity index (χ4v) is 5.05. The summed E-state index contributed by atoms with van der Waals surface area (Å²) < 4.78 is -0.378. The van der Waals surface area contributed by atoms with Crippen LogP contribution in [-0.2, 0) is 0 Å². The lowest BCUT2D eigenvalue weighted by molar-refractivity contribution is -0.0624. The molecular formula is C13H17NO4S3. The second-order valence-corrected chi connectivity index (χ2v) is 8.04. The van der Waals surface area contributed by atoms with E-state index in [-0.39, 0.29) is 11.2 Å². The summed E-state index contributed by atoms with van der Waals surface area (Å²) in [6, 6.07) is 7.24. The molecule has 0 amide bonds. The highest BCUT2D eigenvalue weighted by atomic mass is 32.2. The van der Waals surface area contributed by atoms with Crippen LogP contribution in [0.15, 0.2) is 29.2 Å². The minimum atomic E-state index is -1.27. The lowest BCUT2D eigenvalue weighted by Crippen LogP contribution is -2.53. The molecule has 1 fully saturated rings. The third-order valence-electron chi connectivity index (χ3n) is 3.24. The third-order valence-corrected chi connectivity index (χ3v) is 6.48. The number of hydrogen-bond acceptors (Lipinski definition) is 7. The zero-order valence-electron chi connectivity index (χ0n) is 11.0. The molecule has 0 aromatic heterocycles. The SMILES string of the molecule is NC(=S)c1ccc(S[C@@H]2S[C@H](CO)[C@@H](O)[C@H](O)[C@H]2O)cc1. The monoisotopic (exact) mass is 347 g/mol. The van der Waals surface area contributed by atoms with Gasteiger partial charge in [0.1, 0.15) is 17.2 Å². The molecule has 0 radical (unpaired) electrons. The van der Waals surface area contributed by atoms with Crippen LogP contribution < -0.4 is 5.73 Å². The molecule has 1 aliphatic rings. The number of thioether (sulfide) groups is 2. The first-order chi connectivity index (χ1) is 9.93. The van der Waals surface area contributed by atoms with Crippen LogP contribution >= 0.6 is 35.7 Å². The van der Waals surface area contributed by atoms with Crippen LogP contribution in [0.1, 0.15) is 5.56 Å². The molecule has 1 heterocycles. The first-order valence-electron chi connectivity index (χ1n) is 6.31. The summed E-state index contributed by atoms with van der Waals surface area (Å²) >= 11 is 7.51. The summed E-state index contributed by atoms with van der Waals surface area (Å²) in [6.07, 6.45) is -3.48. The number of aliphatic hydroxyl groups excluding tert-OH is 4. The number of thiocarbonyl (C=S) groups is 1. The summed E-state index contributed by atoms with van der Waals surface area (Å²) in [6.45, 7) is -0.257. The van der Waals surface area contributed by atoms with Crippen molar-refractivity contribution in [3.8, 4) is 0 Å². The number of benzene rings is 1. The largest absolute Gasteiger partial charge is 0.395 e. The first kappa shape index (κ1) is 17.0. The molecule has 0 saturated carbocycles. The van der Waals surface area contributed by atoms with Crippen LogP contribution in [0, 0.1) is 0 Å². The van der Waals surface area contributed by atoms with Crippen molar-refractivity contribution < 1.29 is 20.4 Å². The smallest absolute Gasteiger partial charge is 0.109 e. The Balaban J connectivity index is 2.08. The van der Waals surface area contributed by atoms with Gasteiger partial charge in [-0.1, -0.05) is 24.4 Å². The first-order valence-corrected chi connectivity index (χ1v) is 8.54. The Labute approximate surface area is 136 Å². The van der Waals surface area contributed by atoms with Gasteiger partial charge < -0.3 is 26.2 Å². The predicted molar refractivity (Wildman–Crippen MR) is 88.5 cm³/mol. The van der Waals surface area contributed by atoms with E-state index in [2.05, 4.69) is 0 Å². The van der Waals surface area contributed by atoms with Crippen molar-refractivity contribution in [3.05, 3.63) is 29.8 Å². The zero-order valence-corrected chi connectivity index (χ0v) is 13.4. The van der Waals surface area contributed by atoms with E-state index in [1.165, 1.54) is 23.5 Å². The van der Waals surface area contributed by atoms with E-state index in [1.807, 2.05) is 12.1 Å². The van der Waals surface area contributed by atoms with Crippen molar-refractivity contribution in [2.24, 2.45) is 5.73 Å². The van der Waals surface area contributed by atoms with Crippen molar-refractivity contribution in [3.63, 3.8) is 0 Å². The lowest BCUT2D eigenvalue weighted by Gasteiger charge is -2.39. The van der Waals surface area contributed by atoms with Crippen molar-refractivity contribution in [1.29, 1.82) is 0 Å². The van der Waals surface area contributed by atoms with Gasteiger partial charge in [-0.3, -0.25) is 0 Å². The summed E-state index contributed by atoms with van der Waals surface area (Å²) in [5.41, 5.74) is 6.29. The van der Waals surface area contributed by atoms with Crippen LogP contribution in [0.3, 0.4) is 0 Å². The maximum atomic E-state index is 10.1. The maximum absolute atomic E-state index is 10.1. The molecule has 21 heavy (non-hydrogen) atoms. The average Bonchev–Trinajstić information content (AvgIpc) is 2.48. The quantitative estimate of drug-likeness (QED) is 0.482. The predicted octanol–water partition coefficient (Wildman–Crippen LogP) is -0.0706. The summed E-state index contributed by atoms with van der Waals surface area (Å²) in [7, 11) is 0. The number of aliphatic hydroxyl groups is 4. The minimum absolute atomic E-state index is 0.257. The minimum Gasteiger partial charge on any atom is -0.395 e. The molecule has 8 heteroatoms. The molecule has 0 unspecified atom stereocenters. The van der Waals surface area contributed by atoms with Gasteiger partial charge in [0.2, 0.25) is 0 Å². The van der Waals surface area contributed by atoms with Crippen molar-refractivity contribution in [2.45, 2.75) is 33.0 Å². The Bertz CT molecular complexity index is 497. The fraction of sp³-hybridized carbons (Fsp3) is 0.462. The summed E-state index contributed by atoms with van der Waals surface area (Å²) in [4.78, 5) is 1.20. The Morgan fingerprint density at radius 2 is 1.76 bits per heavy atom. The zero-order chi connectivity index (χ0) is 15.6. The Hall–Kier alpha value is -0.350. The van der Waals surface area contributed by atoms with E-state index in [4.69, 9.17) is 18.0 Å². The van der Waals surface area contributed by atoms with E-state index >= 15 is 0 Å². The molecule has 1 aromatic carbocycles. The normalized spacial score (nSPS) is 32.9. The second kappa shape index (κ2) is 7.28. The lowest BCUT2D eigenvalue weighted by atomic mass is 10.1. The summed E-state index contributed by atoms with van der Waals surface area (Å²) in [5, 5.41) is 38.4. The van der Waals surface area contributed by atoms with Crippen molar-refractivity contribution >= 4 is 40.7 Å². The standard InChI is InChI=1S/C13H17NO4S3/c14-12(19)6-1-3-7(4-2-6)20-13-11(18)10(17)9(16)8(5-15)21-13/h1-4,8-11,13,15-18H,5H2,(H2,14,19)/t8-,9-,10+,11-,13-/m1/s1. The average molecular weight is 347 g/mol. The molecule has 6 N–H and O–H groups in total. The van der Waals surface area contributed by atoms with Gasteiger partial charge in [0.15, 0.2) is 0 Å². The number of hydrogen-bond donors (Lipinski definition) is 5. The molecule has 1 aromatic rings. The van der Waals surface area contributed by atoms with Crippen LogP contribution in [0.25, 0.3) is 0 Å².